The highest BCUT2D eigenvalue weighted by atomic mass is 32.2. The Bertz CT molecular complexity index is 1510. The average molecular weight is 1010 g/mol. The molecule has 0 bridgehead atoms. The first-order chi connectivity index (χ1) is 31.2. The third-order valence-corrected chi connectivity index (χ3v) is 12.6. The van der Waals surface area contributed by atoms with E-state index in [2.05, 4.69) is 13.6 Å². The van der Waals surface area contributed by atoms with Crippen LogP contribution in [0.15, 0.2) is 0 Å². The summed E-state index contributed by atoms with van der Waals surface area (Å²) in [6.07, 6.45) is -30.6. The highest BCUT2D eigenvalue weighted by molar-refractivity contribution is 7.74. The van der Waals surface area contributed by atoms with Crippen LogP contribution in [0.5, 0.6) is 0 Å². The van der Waals surface area contributed by atoms with E-state index in [0.717, 1.165) is 0 Å². The highest BCUT2D eigenvalue weighted by Crippen LogP contribution is 2.38. The first-order valence-electron chi connectivity index (χ1n) is 20.7. The Morgan fingerprint density at radius 3 is 1.27 bits per heavy atom. The van der Waals surface area contributed by atoms with Gasteiger partial charge in [-0.25, -0.2) is 23.1 Å². The van der Waals surface area contributed by atoms with Crippen LogP contribution in [0, 0.1) is 23.7 Å². The molecule has 0 saturated carbocycles. The second-order valence-electron chi connectivity index (χ2n) is 16.5. The van der Waals surface area contributed by atoms with Gasteiger partial charge in [-0.3, -0.25) is 5.26 Å². The maximum atomic E-state index is 11.7. The minimum atomic E-state index is -3.22. The van der Waals surface area contributed by atoms with Gasteiger partial charge in [-0.2, -0.15) is 0 Å². The van der Waals surface area contributed by atoms with Gasteiger partial charge in [0.05, 0.1) is 56.9 Å². The molecule has 5 heterocycles. The number of aliphatic hydroxyl groups excluding tert-OH is 9. The second-order valence-corrected chi connectivity index (χ2v) is 17.6. The zero-order valence-electron chi connectivity index (χ0n) is 36.0. The summed E-state index contributed by atoms with van der Waals surface area (Å²) >= 11 is -6.41. The molecule has 5 saturated heterocycles. The van der Waals surface area contributed by atoms with Crippen molar-refractivity contribution in [3.63, 3.8) is 0 Å². The summed E-state index contributed by atoms with van der Waals surface area (Å²) in [5.41, 5.74) is 0. The van der Waals surface area contributed by atoms with E-state index in [9.17, 15) is 63.5 Å². The molecule has 31 heteroatoms. The lowest BCUT2D eigenvalue weighted by molar-refractivity contribution is -0.372. The van der Waals surface area contributed by atoms with Crippen LogP contribution in [0.4, 0.5) is 0 Å². The summed E-state index contributed by atoms with van der Waals surface area (Å²) in [5, 5.41) is 105. The Labute approximate surface area is 382 Å². The standard InChI is InChI=1S/C35H62O29S2/c1-11-20(36)15(16(31(50-5)56-11)7-52-35-28(44)26(42)24(40)19(60-35)10-55-45)6-51-32-22(38)17(29(13(3)58-32)61-63-65(46)47)8-53-33-23(39)18(30(14(4)59-33)62-64-66(48)49)9-54-34-27(43)25(41)21(37)12(2)57-34/h11-45H,6-10H2,1-5H3,(H,46,47)(H,48,49)/p-2/t11?,12?,13?,14?,15-,16?,17-,18-,19?,20-,21-,22?,23?,24-,25+,26-,27?,28?,29-,30-,31-,32-,33-,34-,35+/m1/s1. The topological polar surface area (TPSA) is 421 Å². The van der Waals surface area contributed by atoms with E-state index in [1.807, 2.05) is 0 Å². The van der Waals surface area contributed by atoms with E-state index in [4.69, 9.17) is 62.4 Å². The van der Waals surface area contributed by atoms with Crippen LogP contribution in [0.2, 0.25) is 0 Å². The van der Waals surface area contributed by atoms with Crippen molar-refractivity contribution in [3.8, 4) is 0 Å². The lowest BCUT2D eigenvalue weighted by atomic mass is 9.83. The zero-order valence-corrected chi connectivity index (χ0v) is 37.6. The molecule has 5 rings (SSSR count). The molecule has 0 aromatic heterocycles. The largest absolute Gasteiger partial charge is 0.748 e. The van der Waals surface area contributed by atoms with Gasteiger partial charge in [0, 0.05) is 30.8 Å². The molecule has 66 heavy (non-hydrogen) atoms. The summed E-state index contributed by atoms with van der Waals surface area (Å²) in [6.45, 7) is 3.15. The van der Waals surface area contributed by atoms with E-state index < -0.39 is 209 Å². The normalized spacial score (nSPS) is 47.9. The number of hydrogen-bond donors (Lipinski definition) is 10. The van der Waals surface area contributed by atoms with Crippen molar-refractivity contribution in [2.75, 3.05) is 40.1 Å². The molecule has 12 unspecified atom stereocenters. The third-order valence-electron chi connectivity index (χ3n) is 12.2. The molecule has 5 aliphatic rings. The molecule has 27 atom stereocenters. The molecule has 0 radical (unpaired) electrons. The van der Waals surface area contributed by atoms with Crippen LogP contribution in [0.3, 0.4) is 0 Å². The molecule has 29 nitrogen and oxygen atoms in total. The van der Waals surface area contributed by atoms with Crippen molar-refractivity contribution in [3.05, 3.63) is 0 Å². The Morgan fingerprint density at radius 1 is 0.439 bits per heavy atom. The van der Waals surface area contributed by atoms with Crippen molar-refractivity contribution in [2.45, 2.75) is 157 Å². The monoisotopic (exact) mass is 1010 g/mol. The number of hydrogen-bond acceptors (Lipinski definition) is 29. The van der Waals surface area contributed by atoms with Crippen LogP contribution in [0.25, 0.3) is 0 Å². The van der Waals surface area contributed by atoms with Gasteiger partial charge in [0.15, 0.2) is 31.5 Å². The third kappa shape index (κ3) is 13.6. The van der Waals surface area contributed by atoms with Crippen molar-refractivity contribution in [1.82, 2.24) is 0 Å². The van der Waals surface area contributed by atoms with E-state index in [-0.39, 0.29) is 0 Å². The van der Waals surface area contributed by atoms with E-state index in [1.165, 1.54) is 27.9 Å². The van der Waals surface area contributed by atoms with Gasteiger partial charge in [0.1, 0.15) is 96.5 Å². The number of aliphatic hydroxyl groups is 9. The Hall–Kier alpha value is -0.780. The average Bonchev–Trinajstić information content (AvgIpc) is 3.27. The molecule has 5 fully saturated rings. The molecule has 0 aromatic carbocycles. The van der Waals surface area contributed by atoms with Gasteiger partial charge >= 0.3 is 0 Å². The Balaban J connectivity index is 1.30. The van der Waals surface area contributed by atoms with Crippen LogP contribution >= 0.6 is 0 Å². The minimum absolute atomic E-state index is 0.395. The van der Waals surface area contributed by atoms with Crippen molar-refractivity contribution < 1.29 is 139 Å². The lowest BCUT2D eigenvalue weighted by Crippen LogP contribution is -2.61. The lowest BCUT2D eigenvalue weighted by Gasteiger charge is -2.47. The van der Waals surface area contributed by atoms with Gasteiger partial charge in [0.2, 0.25) is 0 Å². The fraction of sp³-hybridized carbons (Fsp3) is 1.00. The number of ether oxygens (including phenoxy) is 10. The summed E-state index contributed by atoms with van der Waals surface area (Å²) in [6, 6.07) is 0. The summed E-state index contributed by atoms with van der Waals surface area (Å²) in [5.74, 6) is -4.50. The fourth-order valence-corrected chi connectivity index (χ4v) is 8.75. The molecule has 0 amide bonds. The summed E-state index contributed by atoms with van der Waals surface area (Å²) in [7, 11) is 1.31. The Kier molecular flexibility index (Phi) is 21.7. The molecule has 0 spiro atoms. The van der Waals surface area contributed by atoms with Crippen LogP contribution in [0.1, 0.15) is 27.7 Å². The zero-order chi connectivity index (χ0) is 48.7. The first kappa shape index (κ1) is 56.1. The smallest absolute Gasteiger partial charge is 0.186 e. The predicted molar refractivity (Wildman–Crippen MR) is 203 cm³/mol. The van der Waals surface area contributed by atoms with Gasteiger partial charge in [-0.15, -0.1) is 8.67 Å². The van der Waals surface area contributed by atoms with Crippen LogP contribution < -0.4 is 0 Å². The molecule has 0 aliphatic carbocycles. The molecule has 388 valence electrons. The number of rotatable bonds is 21. The van der Waals surface area contributed by atoms with E-state index in [0.29, 0.717) is 0 Å². The fourth-order valence-electron chi connectivity index (χ4n) is 8.44. The van der Waals surface area contributed by atoms with E-state index in [1.54, 1.807) is 6.92 Å². The van der Waals surface area contributed by atoms with Crippen molar-refractivity contribution >= 4 is 22.7 Å². The maximum Gasteiger partial charge on any atom is 0.186 e. The SMILES string of the molecule is CO[C@@H]1OC(C)[C@@H](O)[C@H](CO[C@@H]2OC(C)[C@@H](OOS(=O)[O-])[C@H](CO[C@@H]3OC(C)[C@@H](OOS(=O)[O-])[C@H](CO[C@@H]4OC(C)[C@@H](O)[C@H](O)C4O)C3O)C2O)C1CO[C@H]1OC(COO)[C@@H](O)[C@@H](O)C1O. The predicted octanol–water partition coefficient (Wildman–Crippen LogP) is -6.17. The van der Waals surface area contributed by atoms with Crippen LogP contribution in [-0.2, 0) is 93.4 Å². The molecule has 5 aliphatic heterocycles. The van der Waals surface area contributed by atoms with Gasteiger partial charge < -0.3 is 102 Å². The van der Waals surface area contributed by atoms with Gasteiger partial charge in [0.25, 0.3) is 0 Å². The molecule has 10 N–H and O–H groups in total. The first-order valence-corrected chi connectivity index (χ1v) is 22.7. The molecule has 0 aromatic rings. The van der Waals surface area contributed by atoms with Crippen LogP contribution in [-0.4, -0.2) is 238 Å². The summed E-state index contributed by atoms with van der Waals surface area (Å²) in [4.78, 5) is 14.2. The van der Waals surface area contributed by atoms with Crippen molar-refractivity contribution in [1.29, 1.82) is 0 Å². The van der Waals surface area contributed by atoms with Gasteiger partial charge in [-0.1, -0.05) is 0 Å². The Morgan fingerprint density at radius 2 is 0.818 bits per heavy atom. The summed E-state index contributed by atoms with van der Waals surface area (Å²) < 4.78 is 111. The van der Waals surface area contributed by atoms with E-state index >= 15 is 0 Å². The number of methoxy groups -OCH3 is 1. The second kappa shape index (κ2) is 25.6. The molecular formula is C35H60O29S2-2. The molecular weight excluding hydrogens is 948 g/mol. The van der Waals surface area contributed by atoms with Gasteiger partial charge in [-0.05, 0) is 27.7 Å². The highest BCUT2D eigenvalue weighted by Gasteiger charge is 2.53. The maximum absolute atomic E-state index is 11.7. The van der Waals surface area contributed by atoms with Crippen molar-refractivity contribution in [2.24, 2.45) is 23.7 Å². The quantitative estimate of drug-likeness (QED) is 0.0290. The minimum Gasteiger partial charge on any atom is -0.748 e.